The van der Waals surface area contributed by atoms with Gasteiger partial charge in [-0.25, -0.2) is 4.79 Å². The second kappa shape index (κ2) is 11.4. The Hall–Kier alpha value is -1.16. The molecule has 0 aliphatic rings. The third-order valence-corrected chi connectivity index (χ3v) is 4.67. The molecule has 0 unspecified atom stereocenters. The molecule has 0 aliphatic heterocycles. The minimum Gasteiger partial charge on any atom is -0.445 e. The molecule has 0 fully saturated rings. The average molecular weight is 327 g/mol. The maximum atomic E-state index is 11.9. The molecule has 1 aromatic rings. The normalized spacial score (nSPS) is 10.7. The van der Waals surface area contributed by atoms with Gasteiger partial charge in [0.05, 0.1) is 13.2 Å². The molecule has 124 valence electrons. The number of rotatable bonds is 10. The zero-order valence-corrected chi connectivity index (χ0v) is 14.6. The van der Waals surface area contributed by atoms with Gasteiger partial charge < -0.3 is 18.7 Å². The molecular weight excluding hydrogens is 301 g/mol. The first-order valence-corrected chi connectivity index (χ1v) is 8.98. The highest BCUT2D eigenvalue weighted by atomic mass is 31.2. The van der Waals surface area contributed by atoms with Crippen LogP contribution < -0.4 is 0 Å². The highest BCUT2D eigenvalue weighted by molar-refractivity contribution is 7.47. The Morgan fingerprint density at radius 3 is 2.36 bits per heavy atom. The zero-order chi connectivity index (χ0) is 16.2. The molecule has 0 spiro atoms. The van der Waals surface area contributed by atoms with E-state index in [-0.39, 0.29) is 6.09 Å². The molecule has 0 aliphatic carbocycles. The number of hydrogen-bond donors (Lipinski definition) is 0. The Bertz CT molecular complexity index is 410. The molecule has 22 heavy (non-hydrogen) atoms. The SMILES string of the molecule is CCOP(CCCN(C)C(=O)OCc1ccccc1)OCC. The molecule has 1 amide bonds. The summed E-state index contributed by atoms with van der Waals surface area (Å²) in [5.41, 5.74) is 0.987. The number of amides is 1. The quantitative estimate of drug-likeness (QED) is 0.609. The lowest BCUT2D eigenvalue weighted by atomic mass is 10.2. The summed E-state index contributed by atoms with van der Waals surface area (Å²) in [4.78, 5) is 13.5. The van der Waals surface area contributed by atoms with Crippen molar-refractivity contribution in [1.82, 2.24) is 4.90 Å². The van der Waals surface area contributed by atoms with Gasteiger partial charge in [-0.05, 0) is 25.8 Å². The summed E-state index contributed by atoms with van der Waals surface area (Å²) in [5, 5.41) is 0. The van der Waals surface area contributed by atoms with Gasteiger partial charge in [-0.3, -0.25) is 0 Å². The molecule has 6 heteroatoms. The Kier molecular flexibility index (Phi) is 9.80. The monoisotopic (exact) mass is 327 g/mol. The van der Waals surface area contributed by atoms with Gasteiger partial charge >= 0.3 is 6.09 Å². The van der Waals surface area contributed by atoms with E-state index in [0.29, 0.717) is 26.4 Å². The Labute approximate surface area is 134 Å². The minimum atomic E-state index is -0.834. The molecule has 0 heterocycles. The molecule has 0 radical (unpaired) electrons. The van der Waals surface area contributed by atoms with Crippen molar-refractivity contribution in [2.24, 2.45) is 0 Å². The molecule has 0 N–H and O–H groups in total. The predicted molar refractivity (Wildman–Crippen MR) is 88.9 cm³/mol. The fourth-order valence-corrected chi connectivity index (χ4v) is 3.12. The van der Waals surface area contributed by atoms with Crippen LogP contribution in [-0.4, -0.2) is 44.0 Å². The van der Waals surface area contributed by atoms with Crippen LogP contribution in [0.15, 0.2) is 30.3 Å². The molecule has 0 aromatic heterocycles. The van der Waals surface area contributed by atoms with Crippen molar-refractivity contribution in [3.05, 3.63) is 35.9 Å². The summed E-state index contributed by atoms with van der Waals surface area (Å²) >= 11 is 0. The van der Waals surface area contributed by atoms with Gasteiger partial charge in [0, 0.05) is 19.8 Å². The van der Waals surface area contributed by atoms with Gasteiger partial charge in [-0.1, -0.05) is 30.3 Å². The van der Waals surface area contributed by atoms with E-state index in [1.165, 1.54) is 0 Å². The molecule has 0 bridgehead atoms. The van der Waals surface area contributed by atoms with Gasteiger partial charge in [0.1, 0.15) is 6.61 Å². The molecule has 5 nitrogen and oxygen atoms in total. The van der Waals surface area contributed by atoms with E-state index in [2.05, 4.69) is 0 Å². The van der Waals surface area contributed by atoms with E-state index in [1.54, 1.807) is 11.9 Å². The Morgan fingerprint density at radius 1 is 1.14 bits per heavy atom. The van der Waals surface area contributed by atoms with E-state index >= 15 is 0 Å². The first kappa shape index (κ1) is 18.9. The number of nitrogens with zero attached hydrogens (tertiary/aromatic N) is 1. The maximum Gasteiger partial charge on any atom is 0.409 e. The van der Waals surface area contributed by atoms with Crippen molar-refractivity contribution in [2.45, 2.75) is 26.9 Å². The fraction of sp³-hybridized carbons (Fsp3) is 0.562. The molecule has 1 rings (SSSR count). The van der Waals surface area contributed by atoms with Gasteiger partial charge in [-0.15, -0.1) is 0 Å². The summed E-state index contributed by atoms with van der Waals surface area (Å²) < 4.78 is 16.3. The number of carbonyl (C=O) groups is 1. The van der Waals surface area contributed by atoms with Gasteiger partial charge in [0.2, 0.25) is 0 Å². The second-order valence-corrected chi connectivity index (χ2v) is 6.34. The number of carbonyl (C=O) groups excluding carboxylic acids is 1. The maximum absolute atomic E-state index is 11.9. The highest BCUT2D eigenvalue weighted by Gasteiger charge is 2.13. The van der Waals surface area contributed by atoms with E-state index < -0.39 is 8.38 Å². The summed E-state index contributed by atoms with van der Waals surface area (Å²) in [7, 11) is 0.913. The van der Waals surface area contributed by atoms with Crippen LogP contribution >= 0.6 is 8.38 Å². The first-order valence-electron chi connectivity index (χ1n) is 7.62. The van der Waals surface area contributed by atoms with E-state index in [0.717, 1.165) is 18.1 Å². The Morgan fingerprint density at radius 2 is 1.77 bits per heavy atom. The fourth-order valence-electron chi connectivity index (χ4n) is 1.81. The van der Waals surface area contributed by atoms with Gasteiger partial charge in [0.25, 0.3) is 0 Å². The van der Waals surface area contributed by atoms with Crippen molar-refractivity contribution in [3.63, 3.8) is 0 Å². The third kappa shape index (κ3) is 7.74. The predicted octanol–water partition coefficient (Wildman–Crippen LogP) is 4.03. The molecular formula is C16H26NO4P. The third-order valence-electron chi connectivity index (χ3n) is 2.90. The summed E-state index contributed by atoms with van der Waals surface area (Å²) in [5.74, 6) is 0. The van der Waals surface area contributed by atoms with Gasteiger partial charge in [0.15, 0.2) is 8.38 Å². The smallest absolute Gasteiger partial charge is 0.409 e. The van der Waals surface area contributed by atoms with Crippen molar-refractivity contribution in [1.29, 1.82) is 0 Å². The lowest BCUT2D eigenvalue weighted by molar-refractivity contribution is 0.105. The lowest BCUT2D eigenvalue weighted by Crippen LogP contribution is -2.28. The zero-order valence-electron chi connectivity index (χ0n) is 13.7. The first-order chi connectivity index (χ1) is 10.7. The molecule has 0 saturated carbocycles. The van der Waals surface area contributed by atoms with E-state index in [9.17, 15) is 4.79 Å². The second-order valence-electron chi connectivity index (χ2n) is 4.71. The highest BCUT2D eigenvalue weighted by Crippen LogP contribution is 2.38. The largest absolute Gasteiger partial charge is 0.445 e. The van der Waals surface area contributed by atoms with Crippen LogP contribution in [0.4, 0.5) is 4.79 Å². The number of hydrogen-bond acceptors (Lipinski definition) is 4. The van der Waals surface area contributed by atoms with Crippen LogP contribution in [0.5, 0.6) is 0 Å². The van der Waals surface area contributed by atoms with Crippen LogP contribution in [0.2, 0.25) is 0 Å². The number of benzene rings is 1. The van der Waals surface area contributed by atoms with Crippen molar-refractivity contribution in [2.75, 3.05) is 33.0 Å². The molecule has 0 saturated heterocycles. The standard InChI is InChI=1S/C16H26NO4P/c1-4-20-22(21-5-2)13-9-12-17(3)16(18)19-14-15-10-7-6-8-11-15/h6-8,10-11H,4-5,9,12-14H2,1-3H3. The van der Waals surface area contributed by atoms with E-state index in [1.807, 2.05) is 44.2 Å². The van der Waals surface area contributed by atoms with Crippen molar-refractivity contribution in [3.8, 4) is 0 Å². The van der Waals surface area contributed by atoms with Crippen LogP contribution in [0.3, 0.4) is 0 Å². The Balaban J connectivity index is 2.23. The minimum absolute atomic E-state index is 0.300. The number of ether oxygens (including phenoxy) is 1. The topological polar surface area (TPSA) is 48.0 Å². The summed E-state index contributed by atoms with van der Waals surface area (Å²) in [6, 6.07) is 9.66. The summed E-state index contributed by atoms with van der Waals surface area (Å²) in [6.45, 7) is 6.16. The lowest BCUT2D eigenvalue weighted by Gasteiger charge is -2.19. The van der Waals surface area contributed by atoms with E-state index in [4.69, 9.17) is 13.8 Å². The van der Waals surface area contributed by atoms with Gasteiger partial charge in [-0.2, -0.15) is 0 Å². The summed E-state index contributed by atoms with van der Waals surface area (Å²) in [6.07, 6.45) is 1.36. The van der Waals surface area contributed by atoms with Crippen LogP contribution in [0.25, 0.3) is 0 Å². The molecule has 1 aromatic carbocycles. The van der Waals surface area contributed by atoms with Crippen molar-refractivity contribution >= 4 is 14.5 Å². The van der Waals surface area contributed by atoms with Crippen LogP contribution in [0.1, 0.15) is 25.8 Å². The van der Waals surface area contributed by atoms with Crippen molar-refractivity contribution < 1.29 is 18.6 Å². The average Bonchev–Trinajstić information content (AvgIpc) is 2.54. The molecule has 0 atom stereocenters. The van der Waals surface area contributed by atoms with Crippen LogP contribution in [0, 0.1) is 0 Å². The van der Waals surface area contributed by atoms with Crippen LogP contribution in [-0.2, 0) is 20.4 Å².